The SMILES string of the molecule is C[C@@H](Oc1ncc(F)cn1)[C@@H]1CN(C(O)N2CCN(S(C)(=O)=O)CC2)C[C@H]1c1ccc(Cl)c(Cl)c1. The van der Waals surface area contributed by atoms with Gasteiger partial charge in [0.1, 0.15) is 6.10 Å². The Morgan fingerprint density at radius 1 is 1.09 bits per heavy atom. The number of halogens is 3. The molecule has 1 aromatic carbocycles. The Kier molecular flexibility index (Phi) is 8.16. The van der Waals surface area contributed by atoms with E-state index in [0.29, 0.717) is 49.3 Å². The number of sulfonamides is 1. The summed E-state index contributed by atoms with van der Waals surface area (Å²) in [5, 5.41) is 12.1. The molecule has 4 rings (SSSR count). The summed E-state index contributed by atoms with van der Waals surface area (Å²) in [5.74, 6) is -0.676. The van der Waals surface area contributed by atoms with Crippen LogP contribution in [0.15, 0.2) is 30.6 Å². The van der Waals surface area contributed by atoms with Gasteiger partial charge >= 0.3 is 6.01 Å². The highest BCUT2D eigenvalue weighted by molar-refractivity contribution is 7.88. The largest absolute Gasteiger partial charge is 0.460 e. The first-order valence-corrected chi connectivity index (χ1v) is 13.8. The first-order chi connectivity index (χ1) is 16.5. The van der Waals surface area contributed by atoms with Gasteiger partial charge in [0, 0.05) is 51.1 Å². The number of piperazine rings is 1. The summed E-state index contributed by atoms with van der Waals surface area (Å²) in [5.41, 5.74) is 0.955. The summed E-state index contributed by atoms with van der Waals surface area (Å²) in [7, 11) is -3.26. The van der Waals surface area contributed by atoms with Gasteiger partial charge in [0.25, 0.3) is 0 Å². The van der Waals surface area contributed by atoms with E-state index < -0.39 is 22.2 Å². The van der Waals surface area contributed by atoms with E-state index in [-0.39, 0.29) is 24.0 Å². The van der Waals surface area contributed by atoms with Crippen LogP contribution in [-0.4, -0.2) is 95.6 Å². The van der Waals surface area contributed by atoms with E-state index >= 15 is 0 Å². The number of hydrogen-bond donors (Lipinski definition) is 1. The van der Waals surface area contributed by atoms with Crippen LogP contribution in [0.2, 0.25) is 10.0 Å². The number of nitrogens with zero attached hydrogens (tertiary/aromatic N) is 5. The minimum Gasteiger partial charge on any atom is -0.460 e. The van der Waals surface area contributed by atoms with Crippen molar-refractivity contribution < 1.29 is 22.7 Å². The summed E-state index contributed by atoms with van der Waals surface area (Å²) >= 11 is 12.4. The lowest BCUT2D eigenvalue weighted by atomic mass is 9.86. The molecule has 192 valence electrons. The molecule has 0 amide bonds. The predicted molar refractivity (Wildman–Crippen MR) is 130 cm³/mol. The highest BCUT2D eigenvalue weighted by Crippen LogP contribution is 2.39. The van der Waals surface area contributed by atoms with Gasteiger partial charge in [0.2, 0.25) is 10.0 Å². The third kappa shape index (κ3) is 6.22. The first kappa shape index (κ1) is 26.5. The molecule has 4 atom stereocenters. The molecule has 0 saturated carbocycles. The Bertz CT molecular complexity index is 1140. The Hall–Kier alpha value is -1.60. The van der Waals surface area contributed by atoms with Crippen LogP contribution in [0, 0.1) is 11.7 Å². The molecular formula is C22H28Cl2FN5O4S. The van der Waals surface area contributed by atoms with Gasteiger partial charge in [-0.2, -0.15) is 4.31 Å². The van der Waals surface area contributed by atoms with Crippen molar-refractivity contribution in [2.75, 3.05) is 45.5 Å². The van der Waals surface area contributed by atoms with Gasteiger partial charge in [0.15, 0.2) is 12.2 Å². The van der Waals surface area contributed by atoms with Crippen molar-refractivity contribution in [1.82, 2.24) is 24.1 Å². The summed E-state index contributed by atoms with van der Waals surface area (Å²) in [4.78, 5) is 11.6. The van der Waals surface area contributed by atoms with Crippen LogP contribution in [0.3, 0.4) is 0 Å². The second-order valence-corrected chi connectivity index (χ2v) is 11.7. The van der Waals surface area contributed by atoms with Crippen LogP contribution < -0.4 is 4.74 Å². The zero-order chi connectivity index (χ0) is 25.3. The standard InChI is InChI=1S/C22H28Cl2FN5O4S/c1-14(34-21-26-10-16(25)11-27-21)17-12-29(13-18(17)15-3-4-19(23)20(24)9-15)22(31)28-5-7-30(8-6-28)35(2,32)33/h3-4,9-11,14,17-18,22,31H,5-8,12-13H2,1-2H3/t14-,17+,18+,22?/m1/s1. The molecule has 1 aromatic heterocycles. The molecule has 0 aliphatic carbocycles. The summed E-state index contributed by atoms with van der Waals surface area (Å²) in [6, 6.07) is 5.55. The van der Waals surface area contributed by atoms with Crippen molar-refractivity contribution in [2.24, 2.45) is 5.92 Å². The molecule has 13 heteroatoms. The van der Waals surface area contributed by atoms with Crippen LogP contribution in [0.4, 0.5) is 4.39 Å². The second kappa shape index (κ2) is 10.8. The molecule has 1 N–H and O–H groups in total. The molecule has 0 spiro atoms. The first-order valence-electron chi connectivity index (χ1n) is 11.2. The van der Waals surface area contributed by atoms with E-state index in [4.69, 9.17) is 27.9 Å². The minimum absolute atomic E-state index is 0.0489. The minimum atomic E-state index is -3.26. The summed E-state index contributed by atoms with van der Waals surface area (Å²) in [6.07, 6.45) is 2.04. The fourth-order valence-electron chi connectivity index (χ4n) is 4.73. The van der Waals surface area contributed by atoms with Crippen LogP contribution in [0.25, 0.3) is 0 Å². The molecule has 2 aliphatic heterocycles. The van der Waals surface area contributed by atoms with Crippen LogP contribution >= 0.6 is 23.2 Å². The molecule has 2 aromatic rings. The number of hydrogen-bond acceptors (Lipinski definition) is 8. The van der Waals surface area contributed by atoms with Crippen molar-refractivity contribution in [3.8, 4) is 6.01 Å². The number of aliphatic hydroxyl groups excluding tert-OH is 1. The number of aromatic nitrogens is 2. The van der Waals surface area contributed by atoms with Gasteiger partial charge in [-0.05, 0) is 24.6 Å². The quantitative estimate of drug-likeness (QED) is 0.563. The van der Waals surface area contributed by atoms with Crippen LogP contribution in [-0.2, 0) is 10.0 Å². The second-order valence-electron chi connectivity index (χ2n) is 8.95. The third-order valence-electron chi connectivity index (χ3n) is 6.65. The normalized spacial score (nSPS) is 24.4. The smallest absolute Gasteiger partial charge is 0.316 e. The van der Waals surface area contributed by atoms with Crippen molar-refractivity contribution in [1.29, 1.82) is 0 Å². The van der Waals surface area contributed by atoms with Gasteiger partial charge in [-0.3, -0.25) is 9.80 Å². The molecule has 3 heterocycles. The van der Waals surface area contributed by atoms with E-state index in [1.54, 1.807) is 6.07 Å². The maximum Gasteiger partial charge on any atom is 0.316 e. The molecule has 0 radical (unpaired) electrons. The van der Waals surface area contributed by atoms with Crippen molar-refractivity contribution in [3.05, 3.63) is 52.0 Å². The summed E-state index contributed by atoms with van der Waals surface area (Å²) < 4.78 is 44.2. The van der Waals surface area contributed by atoms with Crippen LogP contribution in [0.5, 0.6) is 6.01 Å². The number of aliphatic hydroxyl groups is 1. The lowest BCUT2D eigenvalue weighted by Gasteiger charge is -2.39. The van der Waals surface area contributed by atoms with Crippen molar-refractivity contribution in [3.63, 3.8) is 0 Å². The highest BCUT2D eigenvalue weighted by Gasteiger charge is 2.42. The lowest BCUT2D eigenvalue weighted by molar-refractivity contribution is -0.114. The van der Waals surface area contributed by atoms with E-state index in [9.17, 15) is 17.9 Å². The Morgan fingerprint density at radius 2 is 1.74 bits per heavy atom. The molecule has 1 unspecified atom stereocenters. The van der Waals surface area contributed by atoms with Crippen LogP contribution in [0.1, 0.15) is 18.4 Å². The number of rotatable bonds is 7. The molecule has 0 bridgehead atoms. The monoisotopic (exact) mass is 547 g/mol. The maximum atomic E-state index is 13.2. The zero-order valence-corrected chi connectivity index (χ0v) is 21.7. The molecular weight excluding hydrogens is 520 g/mol. The number of benzene rings is 1. The van der Waals surface area contributed by atoms with Gasteiger partial charge in [0.05, 0.1) is 28.7 Å². The fourth-order valence-corrected chi connectivity index (χ4v) is 5.87. The van der Waals surface area contributed by atoms with E-state index in [1.165, 1.54) is 10.6 Å². The molecule has 2 fully saturated rings. The van der Waals surface area contributed by atoms with Gasteiger partial charge in [-0.1, -0.05) is 29.3 Å². The number of ether oxygens (including phenoxy) is 1. The Morgan fingerprint density at radius 3 is 2.34 bits per heavy atom. The lowest BCUT2D eigenvalue weighted by Crippen LogP contribution is -2.56. The Balaban J connectivity index is 1.51. The topological polar surface area (TPSA) is 99.1 Å². The van der Waals surface area contributed by atoms with E-state index in [1.807, 2.05) is 28.9 Å². The van der Waals surface area contributed by atoms with E-state index in [0.717, 1.165) is 18.0 Å². The average Bonchev–Trinajstić information content (AvgIpc) is 3.27. The van der Waals surface area contributed by atoms with Crippen molar-refractivity contribution in [2.45, 2.75) is 25.3 Å². The average molecular weight is 548 g/mol. The van der Waals surface area contributed by atoms with Crippen molar-refractivity contribution >= 4 is 33.2 Å². The van der Waals surface area contributed by atoms with Gasteiger partial charge < -0.3 is 9.84 Å². The Labute approximate surface area is 214 Å². The highest BCUT2D eigenvalue weighted by atomic mass is 35.5. The predicted octanol–water partition coefficient (Wildman–Crippen LogP) is 2.26. The summed E-state index contributed by atoms with van der Waals surface area (Å²) in [6.45, 7) is 4.40. The van der Waals surface area contributed by atoms with E-state index in [2.05, 4.69) is 9.97 Å². The zero-order valence-electron chi connectivity index (χ0n) is 19.4. The fraction of sp³-hybridized carbons (Fsp3) is 0.545. The molecule has 2 saturated heterocycles. The molecule has 9 nitrogen and oxygen atoms in total. The molecule has 35 heavy (non-hydrogen) atoms. The molecule has 2 aliphatic rings. The van der Waals surface area contributed by atoms with Gasteiger partial charge in [-0.15, -0.1) is 0 Å². The van der Waals surface area contributed by atoms with Gasteiger partial charge in [-0.25, -0.2) is 22.8 Å². The number of likely N-dealkylation sites (tertiary alicyclic amines) is 1. The maximum absolute atomic E-state index is 13.2. The third-order valence-corrected chi connectivity index (χ3v) is 8.69.